The molecule has 0 aromatic carbocycles. The monoisotopic (exact) mass is 181 g/mol. The van der Waals surface area contributed by atoms with Crippen molar-refractivity contribution in [2.75, 3.05) is 19.0 Å². The van der Waals surface area contributed by atoms with E-state index in [9.17, 15) is 0 Å². The average molecular weight is 182 g/mol. The molecular weight excluding hydrogens is 174 g/mol. The topological polar surface area (TPSA) is 39.9 Å². The first-order valence-corrected chi connectivity index (χ1v) is 3.77. The molecular formula is C8H8ClN3. The van der Waals surface area contributed by atoms with Gasteiger partial charge >= 0.3 is 0 Å². The van der Waals surface area contributed by atoms with E-state index in [4.69, 9.17) is 16.9 Å². The lowest BCUT2D eigenvalue weighted by molar-refractivity contribution is 1.07. The van der Waals surface area contributed by atoms with Crippen LogP contribution in [0.3, 0.4) is 0 Å². The Morgan fingerprint density at radius 3 is 2.58 bits per heavy atom. The first kappa shape index (κ1) is 8.82. The van der Waals surface area contributed by atoms with Crippen LogP contribution in [0.25, 0.3) is 0 Å². The van der Waals surface area contributed by atoms with E-state index in [0.717, 1.165) is 5.82 Å². The molecule has 0 atom stereocenters. The van der Waals surface area contributed by atoms with Crippen LogP contribution in [0.4, 0.5) is 5.82 Å². The minimum Gasteiger partial charge on any atom is -0.363 e. The third kappa shape index (κ3) is 1.66. The predicted molar refractivity (Wildman–Crippen MR) is 48.3 cm³/mol. The second-order valence-corrected chi connectivity index (χ2v) is 2.87. The standard InChI is InChI=1S/C8H8ClN3/c1-12(2)7-4-3-6(5-10)8(9)11-7/h3-4H,1-2H3. The molecule has 0 bridgehead atoms. The molecule has 0 radical (unpaired) electrons. The van der Waals surface area contributed by atoms with Gasteiger partial charge in [-0.25, -0.2) is 4.98 Å². The summed E-state index contributed by atoms with van der Waals surface area (Å²) in [6.45, 7) is 0. The molecule has 3 nitrogen and oxygen atoms in total. The molecule has 0 aliphatic heterocycles. The smallest absolute Gasteiger partial charge is 0.149 e. The molecule has 62 valence electrons. The van der Waals surface area contributed by atoms with E-state index >= 15 is 0 Å². The number of nitrogens with zero attached hydrogens (tertiary/aromatic N) is 3. The predicted octanol–water partition coefficient (Wildman–Crippen LogP) is 1.67. The molecule has 1 heterocycles. The summed E-state index contributed by atoms with van der Waals surface area (Å²) in [5.74, 6) is 0.749. The van der Waals surface area contributed by atoms with Crippen LogP contribution in [0.2, 0.25) is 5.15 Å². The molecule has 0 aliphatic carbocycles. The van der Waals surface area contributed by atoms with Gasteiger partial charge in [0.2, 0.25) is 0 Å². The van der Waals surface area contributed by atoms with Crippen LogP contribution in [0, 0.1) is 11.3 Å². The van der Waals surface area contributed by atoms with Crippen molar-refractivity contribution in [2.45, 2.75) is 0 Å². The first-order valence-electron chi connectivity index (χ1n) is 3.39. The lowest BCUT2D eigenvalue weighted by atomic mass is 10.3. The molecule has 0 aliphatic rings. The highest BCUT2D eigenvalue weighted by Gasteiger charge is 2.02. The second-order valence-electron chi connectivity index (χ2n) is 2.51. The number of hydrogen-bond acceptors (Lipinski definition) is 3. The van der Waals surface area contributed by atoms with Gasteiger partial charge in [0, 0.05) is 14.1 Å². The molecule has 0 saturated heterocycles. The van der Waals surface area contributed by atoms with Gasteiger partial charge in [-0.2, -0.15) is 5.26 Å². The number of pyridine rings is 1. The Morgan fingerprint density at radius 1 is 1.50 bits per heavy atom. The first-order chi connectivity index (χ1) is 5.65. The largest absolute Gasteiger partial charge is 0.363 e. The Kier molecular flexibility index (Phi) is 2.51. The lowest BCUT2D eigenvalue weighted by Gasteiger charge is -2.10. The number of aromatic nitrogens is 1. The van der Waals surface area contributed by atoms with Crippen LogP contribution in [-0.4, -0.2) is 19.1 Å². The van der Waals surface area contributed by atoms with Crippen molar-refractivity contribution < 1.29 is 0 Å². The van der Waals surface area contributed by atoms with Crippen molar-refractivity contribution in [2.24, 2.45) is 0 Å². The number of nitriles is 1. The summed E-state index contributed by atoms with van der Waals surface area (Å²) in [4.78, 5) is 5.84. The van der Waals surface area contributed by atoms with E-state index in [1.165, 1.54) is 0 Å². The van der Waals surface area contributed by atoms with Gasteiger partial charge in [-0.3, -0.25) is 0 Å². The molecule has 12 heavy (non-hydrogen) atoms. The van der Waals surface area contributed by atoms with Crippen LogP contribution in [0.1, 0.15) is 5.56 Å². The summed E-state index contributed by atoms with van der Waals surface area (Å²) < 4.78 is 0. The minimum absolute atomic E-state index is 0.253. The molecule has 0 spiro atoms. The second kappa shape index (κ2) is 3.42. The maximum absolute atomic E-state index is 8.56. The Morgan fingerprint density at radius 2 is 2.17 bits per heavy atom. The van der Waals surface area contributed by atoms with Crippen LogP contribution in [0.5, 0.6) is 0 Å². The Labute approximate surface area is 76.2 Å². The summed E-state index contributed by atoms with van der Waals surface area (Å²) >= 11 is 5.71. The number of rotatable bonds is 1. The van der Waals surface area contributed by atoms with Crippen molar-refractivity contribution >= 4 is 17.4 Å². The van der Waals surface area contributed by atoms with E-state index in [-0.39, 0.29) is 5.15 Å². The van der Waals surface area contributed by atoms with Crippen LogP contribution in [0.15, 0.2) is 12.1 Å². The zero-order valence-corrected chi connectivity index (χ0v) is 7.63. The highest BCUT2D eigenvalue weighted by Crippen LogP contribution is 2.16. The third-order valence-corrected chi connectivity index (χ3v) is 1.70. The Balaban J connectivity index is 3.12. The van der Waals surface area contributed by atoms with Gasteiger partial charge in [-0.15, -0.1) is 0 Å². The number of halogens is 1. The zero-order valence-electron chi connectivity index (χ0n) is 6.87. The van der Waals surface area contributed by atoms with Gasteiger partial charge in [-0.1, -0.05) is 11.6 Å². The van der Waals surface area contributed by atoms with E-state index in [1.807, 2.05) is 25.1 Å². The van der Waals surface area contributed by atoms with E-state index in [1.54, 1.807) is 12.1 Å². The van der Waals surface area contributed by atoms with Crippen LogP contribution >= 0.6 is 11.6 Å². The maximum Gasteiger partial charge on any atom is 0.149 e. The molecule has 0 fully saturated rings. The number of hydrogen-bond donors (Lipinski definition) is 0. The molecule has 0 unspecified atom stereocenters. The minimum atomic E-state index is 0.253. The fourth-order valence-corrected chi connectivity index (χ4v) is 0.949. The molecule has 1 aromatic rings. The van der Waals surface area contributed by atoms with Gasteiger partial charge in [0.15, 0.2) is 0 Å². The fraction of sp³-hybridized carbons (Fsp3) is 0.250. The normalized spacial score (nSPS) is 9.17. The van der Waals surface area contributed by atoms with Crippen molar-refractivity contribution in [3.05, 3.63) is 22.8 Å². The average Bonchev–Trinajstić information content (AvgIpc) is 2.04. The quantitative estimate of drug-likeness (QED) is 0.619. The van der Waals surface area contributed by atoms with Crippen molar-refractivity contribution in [3.8, 4) is 6.07 Å². The van der Waals surface area contributed by atoms with Gasteiger partial charge in [-0.05, 0) is 12.1 Å². The highest BCUT2D eigenvalue weighted by atomic mass is 35.5. The molecule has 0 amide bonds. The lowest BCUT2D eigenvalue weighted by Crippen LogP contribution is -2.10. The molecule has 0 saturated carbocycles. The van der Waals surface area contributed by atoms with E-state index < -0.39 is 0 Å². The Bertz CT molecular complexity index is 328. The van der Waals surface area contributed by atoms with E-state index in [0.29, 0.717) is 5.56 Å². The van der Waals surface area contributed by atoms with Crippen LogP contribution < -0.4 is 4.90 Å². The fourth-order valence-electron chi connectivity index (χ4n) is 0.757. The summed E-state index contributed by atoms with van der Waals surface area (Å²) in [5.41, 5.74) is 0.405. The van der Waals surface area contributed by atoms with Crippen molar-refractivity contribution in [1.29, 1.82) is 5.26 Å². The number of anilines is 1. The SMILES string of the molecule is CN(C)c1ccc(C#N)c(Cl)n1. The molecule has 4 heteroatoms. The summed E-state index contributed by atoms with van der Waals surface area (Å²) in [7, 11) is 3.73. The molecule has 1 rings (SSSR count). The molecule has 1 aromatic heterocycles. The summed E-state index contributed by atoms with van der Waals surface area (Å²) in [6.07, 6.45) is 0. The maximum atomic E-state index is 8.56. The zero-order chi connectivity index (χ0) is 9.14. The van der Waals surface area contributed by atoms with Crippen molar-refractivity contribution in [1.82, 2.24) is 4.98 Å². The third-order valence-electron chi connectivity index (χ3n) is 1.41. The van der Waals surface area contributed by atoms with Gasteiger partial charge in [0.05, 0.1) is 5.56 Å². The summed E-state index contributed by atoms with van der Waals surface area (Å²) in [6, 6.07) is 5.36. The van der Waals surface area contributed by atoms with Crippen molar-refractivity contribution in [3.63, 3.8) is 0 Å². The van der Waals surface area contributed by atoms with Gasteiger partial charge in [0.25, 0.3) is 0 Å². The van der Waals surface area contributed by atoms with Gasteiger partial charge in [0.1, 0.15) is 17.0 Å². The molecule has 0 N–H and O–H groups in total. The summed E-state index contributed by atoms with van der Waals surface area (Å²) in [5, 5.41) is 8.81. The van der Waals surface area contributed by atoms with Crippen LogP contribution in [-0.2, 0) is 0 Å². The highest BCUT2D eigenvalue weighted by molar-refractivity contribution is 6.30. The van der Waals surface area contributed by atoms with Gasteiger partial charge < -0.3 is 4.90 Å². The van der Waals surface area contributed by atoms with E-state index in [2.05, 4.69) is 4.98 Å². The Hall–Kier alpha value is -1.27.